The Bertz CT molecular complexity index is 71.2. The fraction of sp³-hybridized carbons (Fsp3) is 0.833. The van der Waals surface area contributed by atoms with Crippen molar-refractivity contribution >= 4 is 0 Å². The second-order valence-corrected chi connectivity index (χ2v) is 3.44. The van der Waals surface area contributed by atoms with E-state index >= 15 is 0 Å². The molecule has 0 rings (SSSR count). The Morgan fingerprint density at radius 3 is 1.46 bits per heavy atom. The van der Waals surface area contributed by atoms with Crippen LogP contribution in [-0.2, 0) is 4.74 Å². The second-order valence-electron chi connectivity index (χ2n) is 3.44. The van der Waals surface area contributed by atoms with Gasteiger partial charge in [0.1, 0.15) is 0 Å². The predicted molar refractivity (Wildman–Crippen MR) is 58.5 cm³/mol. The van der Waals surface area contributed by atoms with Gasteiger partial charge in [-0.2, -0.15) is 0 Å². The summed E-state index contributed by atoms with van der Waals surface area (Å²) in [7, 11) is 0. The van der Waals surface area contributed by atoms with Gasteiger partial charge in [-0.1, -0.05) is 52.4 Å². The summed E-state index contributed by atoms with van der Waals surface area (Å²) < 4.78 is 5.49. The van der Waals surface area contributed by atoms with Crippen molar-refractivity contribution in [1.29, 1.82) is 0 Å². The van der Waals surface area contributed by atoms with Crippen LogP contribution in [0.3, 0.4) is 0 Å². The molecule has 13 heavy (non-hydrogen) atoms. The van der Waals surface area contributed by atoms with Gasteiger partial charge >= 0.3 is 0 Å². The molecule has 0 bridgehead atoms. The summed E-state index contributed by atoms with van der Waals surface area (Å²) in [6.07, 6.45) is 9.53. The van der Waals surface area contributed by atoms with Gasteiger partial charge in [-0.05, 0) is 12.8 Å². The van der Waals surface area contributed by atoms with Crippen LogP contribution in [0.1, 0.15) is 51.4 Å². The quantitative estimate of drug-likeness (QED) is 0.469. The third kappa shape index (κ3) is 12.0. The minimum atomic E-state index is 0.935. The molecule has 0 heterocycles. The minimum absolute atomic E-state index is 0.935. The molecule has 0 aliphatic rings. The van der Waals surface area contributed by atoms with Crippen LogP contribution in [0.5, 0.6) is 0 Å². The highest BCUT2D eigenvalue weighted by molar-refractivity contribution is 4.45. The van der Waals surface area contributed by atoms with Gasteiger partial charge in [0, 0.05) is 13.2 Å². The zero-order chi connectivity index (χ0) is 9.78. The van der Waals surface area contributed by atoms with Crippen LogP contribution >= 0.6 is 0 Å². The molecule has 0 aromatic heterocycles. The van der Waals surface area contributed by atoms with Crippen LogP contribution in [0.25, 0.3) is 0 Å². The van der Waals surface area contributed by atoms with Crippen molar-refractivity contribution in [2.24, 2.45) is 0 Å². The van der Waals surface area contributed by atoms with Crippen LogP contribution in [0.2, 0.25) is 0 Å². The van der Waals surface area contributed by atoms with Gasteiger partial charge in [0.15, 0.2) is 0 Å². The zero-order valence-corrected chi connectivity index (χ0v) is 8.89. The van der Waals surface area contributed by atoms with Crippen molar-refractivity contribution in [2.45, 2.75) is 51.4 Å². The molecule has 0 saturated carbocycles. The Balaban J connectivity index is 2.76. The fourth-order valence-electron chi connectivity index (χ4n) is 1.22. The van der Waals surface area contributed by atoms with E-state index in [0.29, 0.717) is 0 Å². The molecule has 0 aliphatic heterocycles. The molecule has 0 aromatic carbocycles. The average molecular weight is 184 g/mol. The van der Waals surface area contributed by atoms with Crippen LogP contribution in [0.15, 0.2) is 0 Å². The molecule has 2 radical (unpaired) electrons. The molecule has 0 aliphatic carbocycles. The Hall–Kier alpha value is -0.0400. The summed E-state index contributed by atoms with van der Waals surface area (Å²) >= 11 is 0. The summed E-state index contributed by atoms with van der Waals surface area (Å²) in [5.41, 5.74) is 0. The van der Waals surface area contributed by atoms with Crippen LogP contribution in [0, 0.1) is 13.8 Å². The maximum absolute atomic E-state index is 5.49. The zero-order valence-electron chi connectivity index (χ0n) is 8.89. The van der Waals surface area contributed by atoms with Gasteiger partial charge in [0.05, 0.1) is 0 Å². The molecule has 0 fully saturated rings. The molecule has 0 saturated heterocycles. The average Bonchev–Trinajstić information content (AvgIpc) is 2.16. The highest BCUT2D eigenvalue weighted by Gasteiger charge is 1.90. The van der Waals surface area contributed by atoms with Gasteiger partial charge in [-0.25, -0.2) is 0 Å². The lowest BCUT2D eigenvalue weighted by atomic mass is 10.2. The minimum Gasteiger partial charge on any atom is -0.381 e. The predicted octanol–water partition coefficient (Wildman–Crippen LogP) is 3.79. The smallest absolute Gasteiger partial charge is 0.0466 e. The van der Waals surface area contributed by atoms with Crippen molar-refractivity contribution in [3.05, 3.63) is 13.8 Å². The van der Waals surface area contributed by atoms with E-state index in [0.717, 1.165) is 26.1 Å². The van der Waals surface area contributed by atoms with E-state index in [1.54, 1.807) is 0 Å². The van der Waals surface area contributed by atoms with Crippen LogP contribution in [0.4, 0.5) is 0 Å². The molecule has 78 valence electrons. The SMILES string of the molecule is [CH2]CCCCCOCCCCC[CH2]. The van der Waals surface area contributed by atoms with Gasteiger partial charge < -0.3 is 4.74 Å². The fourth-order valence-corrected chi connectivity index (χ4v) is 1.22. The normalized spacial score (nSPS) is 10.6. The largest absolute Gasteiger partial charge is 0.381 e. The van der Waals surface area contributed by atoms with Crippen molar-refractivity contribution in [3.8, 4) is 0 Å². The van der Waals surface area contributed by atoms with Crippen molar-refractivity contribution in [2.75, 3.05) is 13.2 Å². The first-order chi connectivity index (χ1) is 6.41. The lowest BCUT2D eigenvalue weighted by Gasteiger charge is -2.03. The van der Waals surface area contributed by atoms with E-state index in [1.807, 2.05) is 0 Å². The molecular weight excluding hydrogens is 160 g/mol. The number of rotatable bonds is 10. The summed E-state index contributed by atoms with van der Waals surface area (Å²) in [5.74, 6) is 0. The first-order valence-corrected chi connectivity index (χ1v) is 5.58. The lowest BCUT2D eigenvalue weighted by Crippen LogP contribution is -1.96. The molecule has 0 unspecified atom stereocenters. The highest BCUT2D eigenvalue weighted by atomic mass is 16.5. The Labute approximate surface area is 83.9 Å². The van der Waals surface area contributed by atoms with Gasteiger partial charge in [-0.15, -0.1) is 0 Å². The second kappa shape index (κ2) is 12.0. The van der Waals surface area contributed by atoms with Crippen molar-refractivity contribution in [1.82, 2.24) is 0 Å². The van der Waals surface area contributed by atoms with Gasteiger partial charge in [0.25, 0.3) is 0 Å². The number of hydrogen-bond acceptors (Lipinski definition) is 1. The standard InChI is InChI=1S/C12H24O/c1-3-5-7-9-11-13-12-10-8-6-4-2/h1-12H2. The third-order valence-corrected chi connectivity index (χ3v) is 2.08. The van der Waals surface area contributed by atoms with E-state index in [9.17, 15) is 0 Å². The molecule has 1 heteroatoms. The number of hydrogen-bond donors (Lipinski definition) is 0. The molecule has 0 aromatic rings. The van der Waals surface area contributed by atoms with E-state index in [2.05, 4.69) is 13.8 Å². The van der Waals surface area contributed by atoms with Gasteiger partial charge in [-0.3, -0.25) is 0 Å². The van der Waals surface area contributed by atoms with Gasteiger partial charge in [0.2, 0.25) is 0 Å². The van der Waals surface area contributed by atoms with E-state index < -0.39 is 0 Å². The summed E-state index contributed by atoms with van der Waals surface area (Å²) in [6, 6.07) is 0. The summed E-state index contributed by atoms with van der Waals surface area (Å²) in [5, 5.41) is 0. The topological polar surface area (TPSA) is 9.23 Å². The van der Waals surface area contributed by atoms with Crippen molar-refractivity contribution < 1.29 is 4.74 Å². The molecule has 1 nitrogen and oxygen atoms in total. The first kappa shape index (κ1) is 13.0. The van der Waals surface area contributed by atoms with Crippen LogP contribution in [-0.4, -0.2) is 13.2 Å². The maximum Gasteiger partial charge on any atom is 0.0466 e. The molecule has 0 amide bonds. The molecular formula is C12H24O. The number of unbranched alkanes of at least 4 members (excludes halogenated alkanes) is 6. The lowest BCUT2D eigenvalue weighted by molar-refractivity contribution is 0.126. The molecule has 0 N–H and O–H groups in total. The first-order valence-electron chi connectivity index (χ1n) is 5.58. The molecule has 0 spiro atoms. The Morgan fingerprint density at radius 1 is 0.615 bits per heavy atom. The van der Waals surface area contributed by atoms with E-state index in [4.69, 9.17) is 4.74 Å². The van der Waals surface area contributed by atoms with Crippen molar-refractivity contribution in [3.63, 3.8) is 0 Å². The van der Waals surface area contributed by atoms with E-state index in [-0.39, 0.29) is 0 Å². The molecule has 0 atom stereocenters. The highest BCUT2D eigenvalue weighted by Crippen LogP contribution is 2.01. The van der Waals surface area contributed by atoms with Crippen LogP contribution < -0.4 is 0 Å². The monoisotopic (exact) mass is 184 g/mol. The number of ether oxygens (including phenoxy) is 1. The van der Waals surface area contributed by atoms with E-state index in [1.165, 1.54) is 38.5 Å². The Morgan fingerprint density at radius 2 is 1.08 bits per heavy atom. The summed E-state index contributed by atoms with van der Waals surface area (Å²) in [6.45, 7) is 9.48. The Kier molecular flexibility index (Phi) is 11.9. The third-order valence-electron chi connectivity index (χ3n) is 2.08. The summed E-state index contributed by atoms with van der Waals surface area (Å²) in [4.78, 5) is 0. The maximum atomic E-state index is 5.49.